The minimum atomic E-state index is 0.448. The van der Waals surface area contributed by atoms with Gasteiger partial charge in [-0.05, 0) is 36.8 Å². The van der Waals surface area contributed by atoms with Crippen molar-refractivity contribution < 1.29 is 0 Å². The van der Waals surface area contributed by atoms with E-state index in [0.29, 0.717) is 5.41 Å². The van der Waals surface area contributed by atoms with Crippen molar-refractivity contribution in [2.45, 2.75) is 46.0 Å². The normalized spacial score (nSPS) is 19.4. The fraction of sp³-hybridized carbons (Fsp3) is 0.692. The van der Waals surface area contributed by atoms with Crippen molar-refractivity contribution in [2.24, 2.45) is 5.41 Å². The summed E-state index contributed by atoms with van der Waals surface area (Å²) in [5.41, 5.74) is 1.61. The average Bonchev–Trinajstić information content (AvgIpc) is 2.28. The molecule has 0 radical (unpaired) electrons. The van der Waals surface area contributed by atoms with Crippen LogP contribution < -0.4 is 5.32 Å². The standard InChI is InChI=1S/C13H21N3/c1-11-8-12(16-15-9-11)14-10-13(2)6-4-3-5-7-13/h8-9H,3-7,10H2,1-2H3,(H,14,16). The van der Waals surface area contributed by atoms with E-state index in [1.165, 1.54) is 32.1 Å². The molecule has 3 heteroatoms. The molecule has 0 amide bonds. The van der Waals surface area contributed by atoms with Crippen molar-refractivity contribution >= 4 is 5.82 Å². The lowest BCUT2D eigenvalue weighted by Crippen LogP contribution is -2.29. The molecule has 2 rings (SSSR count). The molecule has 1 aliphatic rings. The van der Waals surface area contributed by atoms with Crippen molar-refractivity contribution in [3.05, 3.63) is 17.8 Å². The zero-order valence-corrected chi connectivity index (χ0v) is 10.3. The second-order valence-corrected chi connectivity index (χ2v) is 5.34. The molecule has 1 aromatic heterocycles. The van der Waals surface area contributed by atoms with Crippen LogP contribution in [0, 0.1) is 12.3 Å². The summed E-state index contributed by atoms with van der Waals surface area (Å²) in [5, 5.41) is 11.5. The molecule has 1 N–H and O–H groups in total. The third-order valence-electron chi connectivity index (χ3n) is 3.55. The van der Waals surface area contributed by atoms with Gasteiger partial charge >= 0.3 is 0 Å². The van der Waals surface area contributed by atoms with Crippen molar-refractivity contribution in [2.75, 3.05) is 11.9 Å². The predicted molar refractivity (Wildman–Crippen MR) is 66.5 cm³/mol. The summed E-state index contributed by atoms with van der Waals surface area (Å²) in [6.45, 7) is 5.44. The summed E-state index contributed by atoms with van der Waals surface area (Å²) >= 11 is 0. The highest BCUT2D eigenvalue weighted by Gasteiger charge is 2.26. The zero-order valence-electron chi connectivity index (χ0n) is 10.3. The van der Waals surface area contributed by atoms with Gasteiger partial charge in [0.25, 0.3) is 0 Å². The molecular weight excluding hydrogens is 198 g/mol. The summed E-state index contributed by atoms with van der Waals surface area (Å²) in [6, 6.07) is 2.05. The summed E-state index contributed by atoms with van der Waals surface area (Å²) in [7, 11) is 0. The second kappa shape index (κ2) is 4.81. The molecule has 3 nitrogen and oxygen atoms in total. The molecular formula is C13H21N3. The minimum absolute atomic E-state index is 0.448. The van der Waals surface area contributed by atoms with Gasteiger partial charge in [-0.25, -0.2) is 0 Å². The van der Waals surface area contributed by atoms with Crippen LogP contribution in [0.5, 0.6) is 0 Å². The Labute approximate surface area is 97.7 Å². The summed E-state index contributed by atoms with van der Waals surface area (Å²) in [6.07, 6.45) is 8.60. The van der Waals surface area contributed by atoms with Crippen molar-refractivity contribution in [3.63, 3.8) is 0 Å². The topological polar surface area (TPSA) is 37.8 Å². The number of aryl methyl sites for hydroxylation is 1. The van der Waals surface area contributed by atoms with E-state index in [1.807, 2.05) is 6.92 Å². The van der Waals surface area contributed by atoms with E-state index in [1.54, 1.807) is 6.20 Å². The van der Waals surface area contributed by atoms with Gasteiger partial charge < -0.3 is 5.32 Å². The number of aromatic nitrogens is 2. The maximum atomic E-state index is 4.09. The lowest BCUT2D eigenvalue weighted by molar-refractivity contribution is 0.233. The van der Waals surface area contributed by atoms with Gasteiger partial charge in [0.2, 0.25) is 0 Å². The molecule has 88 valence electrons. The highest BCUT2D eigenvalue weighted by atomic mass is 15.2. The van der Waals surface area contributed by atoms with Crippen molar-refractivity contribution in [3.8, 4) is 0 Å². The molecule has 1 saturated carbocycles. The second-order valence-electron chi connectivity index (χ2n) is 5.34. The largest absolute Gasteiger partial charge is 0.368 e. The Bertz CT molecular complexity index is 343. The van der Waals surface area contributed by atoms with Crippen LogP contribution in [0.15, 0.2) is 12.3 Å². The smallest absolute Gasteiger partial charge is 0.148 e. The fourth-order valence-corrected chi connectivity index (χ4v) is 2.44. The van der Waals surface area contributed by atoms with Crippen LogP contribution in [0.25, 0.3) is 0 Å². The van der Waals surface area contributed by atoms with Crippen LogP contribution in [-0.4, -0.2) is 16.7 Å². The van der Waals surface area contributed by atoms with Crippen molar-refractivity contribution in [1.82, 2.24) is 10.2 Å². The van der Waals surface area contributed by atoms with E-state index in [-0.39, 0.29) is 0 Å². The monoisotopic (exact) mass is 219 g/mol. The maximum absolute atomic E-state index is 4.09. The molecule has 0 saturated heterocycles. The molecule has 16 heavy (non-hydrogen) atoms. The van der Waals surface area contributed by atoms with E-state index < -0.39 is 0 Å². The van der Waals surface area contributed by atoms with Gasteiger partial charge in [-0.2, -0.15) is 5.10 Å². The highest BCUT2D eigenvalue weighted by molar-refractivity contribution is 5.35. The number of hydrogen-bond donors (Lipinski definition) is 1. The molecule has 0 atom stereocenters. The summed E-state index contributed by atoms with van der Waals surface area (Å²) < 4.78 is 0. The minimum Gasteiger partial charge on any atom is -0.368 e. The van der Waals surface area contributed by atoms with E-state index in [0.717, 1.165) is 17.9 Å². The van der Waals surface area contributed by atoms with E-state index >= 15 is 0 Å². The third kappa shape index (κ3) is 2.94. The van der Waals surface area contributed by atoms with Crippen LogP contribution >= 0.6 is 0 Å². The number of hydrogen-bond acceptors (Lipinski definition) is 3. The SMILES string of the molecule is Cc1cnnc(NCC2(C)CCCCC2)c1. The van der Waals surface area contributed by atoms with Gasteiger partial charge in [0.15, 0.2) is 0 Å². The van der Waals surface area contributed by atoms with Gasteiger partial charge in [0.1, 0.15) is 5.82 Å². The van der Waals surface area contributed by atoms with Gasteiger partial charge in [-0.15, -0.1) is 5.10 Å². The van der Waals surface area contributed by atoms with Crippen LogP contribution in [-0.2, 0) is 0 Å². The van der Waals surface area contributed by atoms with Crippen LogP contribution in [0.3, 0.4) is 0 Å². The van der Waals surface area contributed by atoms with Crippen molar-refractivity contribution in [1.29, 1.82) is 0 Å². The van der Waals surface area contributed by atoms with Gasteiger partial charge in [0.05, 0.1) is 6.20 Å². The molecule has 0 aliphatic heterocycles. The Balaban J connectivity index is 1.91. The first-order chi connectivity index (χ1) is 7.68. The molecule has 0 bridgehead atoms. The Morgan fingerprint density at radius 1 is 1.31 bits per heavy atom. The van der Waals surface area contributed by atoms with Crippen LogP contribution in [0.1, 0.15) is 44.6 Å². The summed E-state index contributed by atoms with van der Waals surface area (Å²) in [4.78, 5) is 0. The molecule has 1 fully saturated rings. The molecule has 0 unspecified atom stereocenters. The van der Waals surface area contributed by atoms with E-state index in [2.05, 4.69) is 28.5 Å². The lowest BCUT2D eigenvalue weighted by atomic mass is 9.76. The predicted octanol–water partition coefficient (Wildman–Crippen LogP) is 3.17. The Hall–Kier alpha value is -1.12. The first-order valence-corrected chi connectivity index (χ1v) is 6.21. The molecule has 0 aromatic carbocycles. The third-order valence-corrected chi connectivity index (χ3v) is 3.55. The Morgan fingerprint density at radius 2 is 2.06 bits per heavy atom. The Morgan fingerprint density at radius 3 is 2.75 bits per heavy atom. The molecule has 1 heterocycles. The van der Waals surface area contributed by atoms with Crippen LogP contribution in [0.4, 0.5) is 5.82 Å². The average molecular weight is 219 g/mol. The van der Waals surface area contributed by atoms with E-state index in [9.17, 15) is 0 Å². The number of nitrogens with zero attached hydrogens (tertiary/aromatic N) is 2. The highest BCUT2D eigenvalue weighted by Crippen LogP contribution is 2.35. The first kappa shape index (κ1) is 11.4. The zero-order chi connectivity index (χ0) is 11.4. The van der Waals surface area contributed by atoms with Gasteiger partial charge in [0, 0.05) is 6.54 Å². The number of rotatable bonds is 3. The van der Waals surface area contributed by atoms with Gasteiger partial charge in [-0.1, -0.05) is 26.2 Å². The first-order valence-electron chi connectivity index (χ1n) is 6.21. The quantitative estimate of drug-likeness (QED) is 0.848. The molecule has 1 aromatic rings. The molecule has 1 aliphatic carbocycles. The number of anilines is 1. The maximum Gasteiger partial charge on any atom is 0.148 e. The van der Waals surface area contributed by atoms with Crippen LogP contribution in [0.2, 0.25) is 0 Å². The molecule has 0 spiro atoms. The fourth-order valence-electron chi connectivity index (χ4n) is 2.44. The van der Waals surface area contributed by atoms with Gasteiger partial charge in [-0.3, -0.25) is 0 Å². The summed E-state index contributed by atoms with van der Waals surface area (Å²) in [5.74, 6) is 0.909. The lowest BCUT2D eigenvalue weighted by Gasteiger charge is -2.33. The number of nitrogens with one attached hydrogen (secondary N) is 1. The Kier molecular flexibility index (Phi) is 3.42. The van der Waals surface area contributed by atoms with E-state index in [4.69, 9.17) is 0 Å².